The molecule has 24 heavy (non-hydrogen) atoms. The third-order valence-corrected chi connectivity index (χ3v) is 8.92. The molecule has 0 aromatic heterocycles. The highest BCUT2D eigenvalue weighted by Crippen LogP contribution is 2.73. The molecule has 0 N–H and O–H groups in total. The zero-order valence-electron chi connectivity index (χ0n) is 15.1. The molecule has 5 rings (SSSR count). The first-order valence-electron chi connectivity index (χ1n) is 9.76. The molecule has 4 aliphatic carbocycles. The van der Waals surface area contributed by atoms with Gasteiger partial charge in [-0.3, -0.25) is 9.59 Å². The van der Waals surface area contributed by atoms with Crippen molar-refractivity contribution in [1.29, 1.82) is 0 Å². The number of epoxide rings is 1. The highest BCUT2D eigenvalue weighted by molar-refractivity contribution is 5.92. The molecule has 4 fully saturated rings. The molecule has 0 unspecified atom stereocenters. The number of hydrogen-bond acceptors (Lipinski definition) is 3. The number of ether oxygens (including phenoxy) is 1. The molecule has 3 nitrogen and oxygen atoms in total. The monoisotopic (exact) mass is 328 g/mol. The van der Waals surface area contributed by atoms with Crippen LogP contribution in [0.15, 0.2) is 11.6 Å². The summed E-state index contributed by atoms with van der Waals surface area (Å²) in [5.41, 5.74) is 1.22. The maximum atomic E-state index is 12.4. The average Bonchev–Trinajstić information content (AvgIpc) is 3.21. The van der Waals surface area contributed by atoms with E-state index in [1.165, 1.54) is 18.4 Å². The molecule has 1 saturated heterocycles. The Balaban J connectivity index is 1.52. The minimum atomic E-state index is -0.456. The van der Waals surface area contributed by atoms with Crippen molar-refractivity contribution >= 4 is 11.6 Å². The van der Waals surface area contributed by atoms with Crippen LogP contribution in [0.5, 0.6) is 0 Å². The van der Waals surface area contributed by atoms with Crippen LogP contribution in [0.25, 0.3) is 0 Å². The molecule has 0 aromatic rings. The van der Waals surface area contributed by atoms with Crippen molar-refractivity contribution in [3.8, 4) is 0 Å². The summed E-state index contributed by atoms with van der Waals surface area (Å²) in [4.78, 5) is 24.3. The standard InChI is InChI=1S/C21H28O3/c1-12(22)21-18(24-21)11-17-15-5-4-13-10-14(23)6-8-19(13,2)16(15)7-9-20(17,21)3/h10,15-18H,4-9,11H2,1-3H3/t15-,16+,17+,18-,19-,20+,21-/m0/s1. The van der Waals surface area contributed by atoms with Crippen LogP contribution in [0, 0.1) is 28.6 Å². The molecule has 0 aromatic carbocycles. The van der Waals surface area contributed by atoms with E-state index in [0.29, 0.717) is 30.0 Å². The summed E-state index contributed by atoms with van der Waals surface area (Å²) in [6, 6.07) is 0. The van der Waals surface area contributed by atoms with Gasteiger partial charge in [-0.1, -0.05) is 19.4 Å². The number of Topliss-reactive ketones (excluding diaryl/α,β-unsaturated/α-hetero) is 1. The minimum absolute atomic E-state index is 0.0345. The van der Waals surface area contributed by atoms with E-state index >= 15 is 0 Å². The van der Waals surface area contributed by atoms with Gasteiger partial charge in [0.25, 0.3) is 0 Å². The second-order valence-corrected chi connectivity index (χ2v) is 9.56. The number of ketones is 2. The van der Waals surface area contributed by atoms with Gasteiger partial charge in [0.1, 0.15) is 0 Å². The Morgan fingerprint density at radius 1 is 1.17 bits per heavy atom. The predicted octanol–water partition coefficient (Wildman–Crippen LogP) is 3.85. The summed E-state index contributed by atoms with van der Waals surface area (Å²) >= 11 is 0. The Morgan fingerprint density at radius 2 is 1.96 bits per heavy atom. The van der Waals surface area contributed by atoms with Crippen LogP contribution in [0.3, 0.4) is 0 Å². The van der Waals surface area contributed by atoms with Crippen molar-refractivity contribution in [2.24, 2.45) is 28.6 Å². The van der Waals surface area contributed by atoms with Gasteiger partial charge in [0.2, 0.25) is 0 Å². The van der Waals surface area contributed by atoms with E-state index in [1.807, 2.05) is 6.08 Å². The molecule has 0 radical (unpaired) electrons. The molecule has 3 heteroatoms. The van der Waals surface area contributed by atoms with Crippen molar-refractivity contribution in [1.82, 2.24) is 0 Å². The van der Waals surface area contributed by atoms with Crippen LogP contribution < -0.4 is 0 Å². The topological polar surface area (TPSA) is 46.7 Å². The van der Waals surface area contributed by atoms with Crippen LogP contribution in [0.4, 0.5) is 0 Å². The third-order valence-electron chi connectivity index (χ3n) is 8.92. The van der Waals surface area contributed by atoms with Gasteiger partial charge in [0.15, 0.2) is 17.2 Å². The van der Waals surface area contributed by atoms with Gasteiger partial charge >= 0.3 is 0 Å². The summed E-state index contributed by atoms with van der Waals surface area (Å²) in [5.74, 6) is 2.58. The Labute approximate surface area is 144 Å². The first-order chi connectivity index (χ1) is 11.3. The first-order valence-corrected chi connectivity index (χ1v) is 9.76. The quantitative estimate of drug-likeness (QED) is 0.687. The minimum Gasteiger partial charge on any atom is -0.357 e. The number of carbonyl (C=O) groups is 2. The van der Waals surface area contributed by atoms with E-state index in [1.54, 1.807) is 6.92 Å². The van der Waals surface area contributed by atoms with Gasteiger partial charge in [-0.25, -0.2) is 0 Å². The average molecular weight is 328 g/mol. The van der Waals surface area contributed by atoms with Crippen LogP contribution in [-0.4, -0.2) is 23.3 Å². The van der Waals surface area contributed by atoms with Crippen LogP contribution in [-0.2, 0) is 14.3 Å². The number of allylic oxidation sites excluding steroid dienone is 1. The fourth-order valence-electron chi connectivity index (χ4n) is 7.62. The molecule has 0 spiro atoms. The fourth-order valence-corrected chi connectivity index (χ4v) is 7.62. The largest absolute Gasteiger partial charge is 0.357 e. The molecule has 7 atom stereocenters. The van der Waals surface area contributed by atoms with Crippen LogP contribution in [0.1, 0.15) is 65.7 Å². The van der Waals surface area contributed by atoms with E-state index in [4.69, 9.17) is 4.74 Å². The first kappa shape index (κ1) is 15.3. The summed E-state index contributed by atoms with van der Waals surface area (Å²) in [7, 11) is 0. The summed E-state index contributed by atoms with van der Waals surface area (Å²) < 4.78 is 5.99. The van der Waals surface area contributed by atoms with Crippen LogP contribution >= 0.6 is 0 Å². The van der Waals surface area contributed by atoms with Gasteiger partial charge in [-0.2, -0.15) is 0 Å². The molecular formula is C21H28O3. The van der Waals surface area contributed by atoms with E-state index in [9.17, 15) is 9.59 Å². The van der Waals surface area contributed by atoms with Gasteiger partial charge in [0, 0.05) is 11.8 Å². The summed E-state index contributed by atoms with van der Waals surface area (Å²) in [6.45, 7) is 6.48. The van der Waals surface area contributed by atoms with Crippen molar-refractivity contribution in [3.63, 3.8) is 0 Å². The third kappa shape index (κ3) is 1.54. The molecule has 0 bridgehead atoms. The zero-order valence-corrected chi connectivity index (χ0v) is 15.1. The zero-order chi connectivity index (χ0) is 16.9. The number of fused-ring (bicyclic) bond motifs is 7. The molecule has 130 valence electrons. The maximum absolute atomic E-state index is 12.4. The molecule has 0 amide bonds. The van der Waals surface area contributed by atoms with Crippen molar-refractivity contribution < 1.29 is 14.3 Å². The second-order valence-electron chi connectivity index (χ2n) is 9.56. The lowest BCUT2D eigenvalue weighted by Gasteiger charge is -2.58. The molecule has 5 aliphatic rings. The Hall–Kier alpha value is -0.960. The molecule has 3 saturated carbocycles. The second kappa shape index (κ2) is 4.41. The smallest absolute Gasteiger partial charge is 0.164 e. The normalized spacial score (nSPS) is 55.0. The van der Waals surface area contributed by atoms with Gasteiger partial charge in [0.05, 0.1) is 6.10 Å². The van der Waals surface area contributed by atoms with E-state index in [0.717, 1.165) is 25.7 Å². The SMILES string of the molecule is CC(=O)[C@]12O[C@H]1C[C@@H]1[C@H]3CCC4=CC(=O)CC[C@]4(C)[C@@H]3CC[C@]12C. The Morgan fingerprint density at radius 3 is 2.71 bits per heavy atom. The lowest BCUT2D eigenvalue weighted by molar-refractivity contribution is -0.136. The van der Waals surface area contributed by atoms with Crippen LogP contribution in [0.2, 0.25) is 0 Å². The molecule has 1 aliphatic heterocycles. The molecular weight excluding hydrogens is 300 g/mol. The highest BCUT2D eigenvalue weighted by atomic mass is 16.6. The van der Waals surface area contributed by atoms with Crippen molar-refractivity contribution in [2.75, 3.05) is 0 Å². The van der Waals surface area contributed by atoms with Crippen molar-refractivity contribution in [3.05, 3.63) is 11.6 Å². The number of rotatable bonds is 1. The molecule has 1 heterocycles. The Bertz CT molecular complexity index is 679. The Kier molecular flexibility index (Phi) is 2.81. The maximum Gasteiger partial charge on any atom is 0.164 e. The van der Waals surface area contributed by atoms with Gasteiger partial charge in [-0.15, -0.1) is 0 Å². The highest BCUT2D eigenvalue weighted by Gasteiger charge is 2.79. The summed E-state index contributed by atoms with van der Waals surface area (Å²) in [6.07, 6.45) is 9.53. The van der Waals surface area contributed by atoms with Crippen molar-refractivity contribution in [2.45, 2.75) is 77.4 Å². The fraction of sp³-hybridized carbons (Fsp3) is 0.810. The number of carbonyl (C=O) groups excluding carboxylic acids is 2. The lowest BCUT2D eigenvalue weighted by atomic mass is 9.46. The van der Waals surface area contributed by atoms with E-state index < -0.39 is 5.60 Å². The van der Waals surface area contributed by atoms with Gasteiger partial charge < -0.3 is 4.74 Å². The number of hydrogen-bond donors (Lipinski definition) is 0. The van der Waals surface area contributed by atoms with E-state index in [2.05, 4.69) is 13.8 Å². The van der Waals surface area contributed by atoms with E-state index in [-0.39, 0.29) is 22.7 Å². The lowest BCUT2D eigenvalue weighted by Crippen LogP contribution is -2.54. The van der Waals surface area contributed by atoms with Gasteiger partial charge in [-0.05, 0) is 74.7 Å². The summed E-state index contributed by atoms with van der Waals surface area (Å²) in [5, 5.41) is 0. The predicted molar refractivity (Wildman–Crippen MR) is 90.4 cm³/mol.